The van der Waals surface area contributed by atoms with Gasteiger partial charge in [-0.2, -0.15) is 0 Å². The highest BCUT2D eigenvalue weighted by atomic mass is 16.5. The minimum atomic E-state index is -0.170. The average molecular weight is 408 g/mol. The quantitative estimate of drug-likeness (QED) is 0.700. The maximum atomic E-state index is 5.29. The van der Waals surface area contributed by atoms with Gasteiger partial charge in [-0.1, -0.05) is 30.3 Å². The predicted molar refractivity (Wildman–Crippen MR) is 117 cm³/mol. The van der Waals surface area contributed by atoms with Crippen LogP contribution in [0.2, 0.25) is 0 Å². The second kappa shape index (κ2) is 8.44. The number of nitrogens with zero attached hydrogens (tertiary/aromatic N) is 5. The van der Waals surface area contributed by atoms with Crippen LogP contribution in [-0.2, 0) is 5.54 Å². The van der Waals surface area contributed by atoms with Gasteiger partial charge in [-0.15, -0.1) is 5.10 Å². The Morgan fingerprint density at radius 3 is 2.23 bits per heavy atom. The van der Waals surface area contributed by atoms with E-state index in [1.807, 2.05) is 16.8 Å². The van der Waals surface area contributed by atoms with Crippen molar-refractivity contribution in [3.8, 4) is 5.75 Å². The Hall–Kier alpha value is -2.93. The topological polar surface area (TPSA) is 60.5 Å². The van der Waals surface area contributed by atoms with Gasteiger partial charge in [-0.25, -0.2) is 4.68 Å². The fraction of sp³-hybridized carbons (Fsp3) is 0.435. The first-order valence-electron chi connectivity index (χ1n) is 10.5. The fourth-order valence-electron chi connectivity index (χ4n) is 4.20. The van der Waals surface area contributed by atoms with Crippen LogP contribution in [0.3, 0.4) is 0 Å². The number of aromatic nitrogens is 4. The molecule has 0 spiro atoms. The summed E-state index contributed by atoms with van der Waals surface area (Å²) in [6.45, 7) is 10.4. The molecule has 158 valence electrons. The number of methoxy groups -OCH3 is 1. The van der Waals surface area contributed by atoms with Gasteiger partial charge >= 0.3 is 0 Å². The summed E-state index contributed by atoms with van der Waals surface area (Å²) >= 11 is 0. The lowest BCUT2D eigenvalue weighted by molar-refractivity contribution is -0.927. The summed E-state index contributed by atoms with van der Waals surface area (Å²) in [5, 5.41) is 12.8. The highest BCUT2D eigenvalue weighted by Crippen LogP contribution is 2.23. The number of ether oxygens (including phenoxy) is 1. The molecule has 30 heavy (non-hydrogen) atoms. The normalized spacial score (nSPS) is 16.5. The average Bonchev–Trinajstić information content (AvgIpc) is 3.25. The Morgan fingerprint density at radius 2 is 1.63 bits per heavy atom. The van der Waals surface area contributed by atoms with Gasteiger partial charge in [0.1, 0.15) is 5.75 Å². The Bertz CT molecular complexity index is 940. The lowest BCUT2D eigenvalue weighted by atomic mass is 10.0. The summed E-state index contributed by atoms with van der Waals surface area (Å²) in [7, 11) is 1.70. The van der Waals surface area contributed by atoms with Crippen LogP contribution >= 0.6 is 0 Å². The zero-order valence-electron chi connectivity index (χ0n) is 18.2. The maximum Gasteiger partial charge on any atom is 0.214 e. The van der Waals surface area contributed by atoms with Crippen molar-refractivity contribution in [3.05, 3.63) is 66.0 Å². The molecule has 7 nitrogen and oxygen atoms in total. The van der Waals surface area contributed by atoms with E-state index in [-0.39, 0.29) is 11.6 Å². The number of quaternary nitrogens is 1. The fourth-order valence-corrected chi connectivity index (χ4v) is 4.20. The van der Waals surface area contributed by atoms with E-state index in [2.05, 4.69) is 83.7 Å². The molecule has 0 amide bonds. The Morgan fingerprint density at radius 1 is 0.967 bits per heavy atom. The second-order valence-electron chi connectivity index (χ2n) is 8.81. The molecule has 1 aliphatic heterocycles. The molecule has 1 saturated heterocycles. The number of hydrogen-bond acceptors (Lipinski definition) is 5. The van der Waals surface area contributed by atoms with Crippen molar-refractivity contribution in [1.29, 1.82) is 0 Å². The van der Waals surface area contributed by atoms with E-state index in [9.17, 15) is 0 Å². The van der Waals surface area contributed by atoms with Crippen molar-refractivity contribution in [2.45, 2.75) is 32.4 Å². The summed E-state index contributed by atoms with van der Waals surface area (Å²) in [4.78, 5) is 3.93. The summed E-state index contributed by atoms with van der Waals surface area (Å²) in [6.07, 6.45) is 0. The molecule has 3 aromatic rings. The van der Waals surface area contributed by atoms with E-state index < -0.39 is 0 Å². The first kappa shape index (κ1) is 20.3. The number of tetrazole rings is 1. The van der Waals surface area contributed by atoms with E-state index in [4.69, 9.17) is 4.74 Å². The largest absolute Gasteiger partial charge is 0.497 e. The number of benzene rings is 2. The predicted octanol–water partition coefficient (Wildman–Crippen LogP) is 1.93. The molecule has 4 rings (SSSR count). The van der Waals surface area contributed by atoms with E-state index in [1.165, 1.54) is 16.2 Å². The van der Waals surface area contributed by atoms with Gasteiger partial charge in [0.25, 0.3) is 0 Å². The molecule has 0 unspecified atom stereocenters. The van der Waals surface area contributed by atoms with Crippen LogP contribution in [0.4, 0.5) is 5.69 Å². The van der Waals surface area contributed by atoms with Crippen LogP contribution in [0.5, 0.6) is 5.75 Å². The number of hydrogen-bond donors (Lipinski definition) is 1. The number of anilines is 1. The smallest absolute Gasteiger partial charge is 0.214 e. The van der Waals surface area contributed by atoms with Gasteiger partial charge in [-0.05, 0) is 55.5 Å². The third-order valence-electron chi connectivity index (χ3n) is 5.77. The summed E-state index contributed by atoms with van der Waals surface area (Å²) in [6, 6.07) is 19.1. The number of piperazine rings is 1. The van der Waals surface area contributed by atoms with Crippen molar-refractivity contribution in [1.82, 2.24) is 20.2 Å². The third kappa shape index (κ3) is 4.16. The SMILES string of the molecule is COc1ccc(N2CC[NH+]([C@@H](c3ccccc3)c3nnnn3C(C)(C)C)CC2)cc1. The van der Waals surface area contributed by atoms with Gasteiger partial charge in [-0.3, -0.25) is 0 Å². The molecule has 1 atom stereocenters. The zero-order valence-corrected chi connectivity index (χ0v) is 18.2. The molecule has 1 aliphatic rings. The Kier molecular flexibility index (Phi) is 5.72. The van der Waals surface area contributed by atoms with E-state index in [0.29, 0.717) is 0 Å². The molecule has 0 radical (unpaired) electrons. The highest BCUT2D eigenvalue weighted by molar-refractivity contribution is 5.49. The summed E-state index contributed by atoms with van der Waals surface area (Å²) in [5.41, 5.74) is 2.33. The molecule has 1 aromatic heterocycles. The Labute approximate surface area is 178 Å². The molecule has 1 N–H and O–H groups in total. The van der Waals surface area contributed by atoms with Gasteiger partial charge in [0.2, 0.25) is 5.82 Å². The van der Waals surface area contributed by atoms with Crippen molar-refractivity contribution in [2.24, 2.45) is 0 Å². The zero-order chi connectivity index (χ0) is 21.1. The Balaban J connectivity index is 1.58. The van der Waals surface area contributed by atoms with Gasteiger partial charge in [0.05, 0.1) is 38.8 Å². The summed E-state index contributed by atoms with van der Waals surface area (Å²) < 4.78 is 7.27. The van der Waals surface area contributed by atoms with Crippen molar-refractivity contribution in [2.75, 3.05) is 38.2 Å². The van der Waals surface area contributed by atoms with E-state index in [0.717, 1.165) is 37.8 Å². The van der Waals surface area contributed by atoms with Crippen LogP contribution in [0.15, 0.2) is 54.6 Å². The monoisotopic (exact) mass is 407 g/mol. The van der Waals surface area contributed by atoms with Gasteiger partial charge < -0.3 is 14.5 Å². The van der Waals surface area contributed by atoms with Crippen LogP contribution in [0.25, 0.3) is 0 Å². The minimum Gasteiger partial charge on any atom is -0.497 e. The lowest BCUT2D eigenvalue weighted by Crippen LogP contribution is -3.15. The van der Waals surface area contributed by atoms with Gasteiger partial charge in [0.15, 0.2) is 6.04 Å². The molecular weight excluding hydrogens is 376 g/mol. The van der Waals surface area contributed by atoms with Crippen LogP contribution in [0.1, 0.15) is 38.2 Å². The van der Waals surface area contributed by atoms with E-state index in [1.54, 1.807) is 7.11 Å². The second-order valence-corrected chi connectivity index (χ2v) is 8.81. The molecule has 7 heteroatoms. The van der Waals surface area contributed by atoms with Crippen LogP contribution in [-0.4, -0.2) is 53.5 Å². The maximum absolute atomic E-state index is 5.29. The van der Waals surface area contributed by atoms with Crippen LogP contribution in [0, 0.1) is 0 Å². The third-order valence-corrected chi connectivity index (χ3v) is 5.77. The molecule has 2 aromatic carbocycles. The molecular formula is C23H31N6O+. The van der Waals surface area contributed by atoms with E-state index >= 15 is 0 Å². The first-order valence-corrected chi connectivity index (χ1v) is 10.5. The van der Waals surface area contributed by atoms with Crippen molar-refractivity contribution >= 4 is 5.69 Å². The van der Waals surface area contributed by atoms with Crippen molar-refractivity contribution < 1.29 is 9.64 Å². The first-order chi connectivity index (χ1) is 14.5. The summed E-state index contributed by atoms with van der Waals surface area (Å²) in [5.74, 6) is 1.82. The molecule has 0 saturated carbocycles. The number of rotatable bonds is 5. The molecule has 0 bridgehead atoms. The standard InChI is InChI=1S/C23H30N6O/c1-23(2,3)29-22(24-25-26-29)21(18-8-6-5-7-9-18)28-16-14-27(15-17-28)19-10-12-20(30-4)13-11-19/h5-13,21H,14-17H2,1-4H3/p+1/t21-/m0/s1. The molecule has 2 heterocycles. The van der Waals surface area contributed by atoms with Crippen molar-refractivity contribution in [3.63, 3.8) is 0 Å². The lowest BCUT2D eigenvalue weighted by Gasteiger charge is -2.37. The minimum absolute atomic E-state index is 0.110. The van der Waals surface area contributed by atoms with Gasteiger partial charge in [0, 0.05) is 11.3 Å². The molecule has 0 aliphatic carbocycles. The number of nitrogens with one attached hydrogen (secondary N) is 1. The molecule has 1 fully saturated rings. The highest BCUT2D eigenvalue weighted by Gasteiger charge is 2.36. The van der Waals surface area contributed by atoms with Crippen LogP contribution < -0.4 is 14.5 Å².